The van der Waals surface area contributed by atoms with E-state index in [9.17, 15) is 19.2 Å². The lowest BCUT2D eigenvalue weighted by Gasteiger charge is -2.11. The van der Waals surface area contributed by atoms with Crippen LogP contribution in [0.15, 0.2) is 123 Å². The Hall–Kier alpha value is -5.13. The first kappa shape index (κ1) is 35.2. The average Bonchev–Trinajstić information content (AvgIpc) is 3.76. The topological polar surface area (TPSA) is 115 Å². The van der Waals surface area contributed by atoms with Crippen molar-refractivity contribution in [3.05, 3.63) is 131 Å². The van der Waals surface area contributed by atoms with Gasteiger partial charge in [-0.25, -0.2) is 4.98 Å². The van der Waals surface area contributed by atoms with Gasteiger partial charge < -0.3 is 14.3 Å². The first-order valence-electron chi connectivity index (χ1n) is 15.4. The number of amides is 3. The van der Waals surface area contributed by atoms with Crippen LogP contribution in [0.4, 0.5) is 4.79 Å². The number of nitrogens with one attached hydrogen (secondary N) is 1. The van der Waals surface area contributed by atoms with E-state index < -0.39 is 0 Å². The second-order valence-corrected chi connectivity index (χ2v) is 13.2. The Labute approximate surface area is 294 Å². The zero-order valence-corrected chi connectivity index (χ0v) is 27.8. The molecule has 252 valence electrons. The Balaban J connectivity index is 0.00000281. The molecule has 9 nitrogen and oxygen atoms in total. The third kappa shape index (κ3) is 8.30. The van der Waals surface area contributed by atoms with Crippen LogP contribution in [-0.4, -0.2) is 50.4 Å². The van der Waals surface area contributed by atoms with E-state index in [4.69, 9.17) is 9.40 Å². The van der Waals surface area contributed by atoms with Gasteiger partial charge in [-0.05, 0) is 79.7 Å². The Kier molecular flexibility index (Phi) is 11.4. The molecule has 0 aliphatic carbocycles. The van der Waals surface area contributed by atoms with Crippen LogP contribution in [-0.2, 0) is 11.3 Å². The lowest BCUT2D eigenvalue weighted by molar-refractivity contribution is -0.122. The lowest BCUT2D eigenvalue weighted by Crippen LogP contribution is -2.29. The third-order valence-electron chi connectivity index (χ3n) is 7.61. The van der Waals surface area contributed by atoms with Crippen LogP contribution < -0.4 is 5.32 Å². The van der Waals surface area contributed by atoms with Gasteiger partial charge in [0.05, 0.1) is 15.9 Å². The number of ketones is 1. The molecule has 3 heterocycles. The van der Waals surface area contributed by atoms with E-state index in [1.807, 2.05) is 55.5 Å². The van der Waals surface area contributed by atoms with Crippen molar-refractivity contribution in [3.63, 3.8) is 0 Å². The maximum atomic E-state index is 12.8. The molecule has 3 aromatic carbocycles. The number of rotatable bonds is 13. The van der Waals surface area contributed by atoms with E-state index in [1.54, 1.807) is 48.5 Å². The molecular formula is C38H38N4O5S2. The minimum absolute atomic E-state index is 0. The molecule has 0 saturated carbocycles. The highest BCUT2D eigenvalue weighted by Crippen LogP contribution is 2.35. The van der Waals surface area contributed by atoms with E-state index in [2.05, 4.69) is 16.5 Å². The molecule has 5 aromatic rings. The number of hydrogen-bond donors (Lipinski definition) is 1. The number of aromatic nitrogens is 2. The Bertz CT molecular complexity index is 2050. The molecule has 49 heavy (non-hydrogen) atoms. The number of carbonyl (C=O) groups is 4. The molecule has 1 aliphatic rings. The predicted octanol–water partition coefficient (Wildman–Crippen LogP) is 8.72. The van der Waals surface area contributed by atoms with Crippen molar-refractivity contribution in [2.45, 2.75) is 44.0 Å². The zero-order chi connectivity index (χ0) is 33.6. The Morgan fingerprint density at radius 1 is 0.939 bits per heavy atom. The number of hydrogen-bond acceptors (Lipinski definition) is 8. The summed E-state index contributed by atoms with van der Waals surface area (Å²) < 4.78 is 8.11. The molecule has 6 rings (SSSR count). The number of aryl methyl sites for hydroxylation is 1. The maximum Gasteiger partial charge on any atom is 0.293 e. The molecule has 1 fully saturated rings. The summed E-state index contributed by atoms with van der Waals surface area (Å²) in [6.07, 6.45) is 2.80. The number of para-hydroxylation sites is 2. The molecule has 1 aliphatic heterocycles. The number of nitrogens with zero attached hydrogens (tertiary/aromatic N) is 3. The summed E-state index contributed by atoms with van der Waals surface area (Å²) in [6, 6.07) is 27.1. The fourth-order valence-corrected chi connectivity index (χ4v) is 6.84. The molecule has 0 bridgehead atoms. The second kappa shape index (κ2) is 15.8. The molecule has 1 saturated heterocycles. The fraction of sp³-hybridized carbons (Fsp3) is 0.184. The molecule has 11 heteroatoms. The van der Waals surface area contributed by atoms with Gasteiger partial charge >= 0.3 is 0 Å². The van der Waals surface area contributed by atoms with E-state index in [1.165, 1.54) is 16.7 Å². The molecule has 3 amide bonds. The minimum Gasteiger partial charge on any atom is -0.450 e. The van der Waals surface area contributed by atoms with Crippen LogP contribution in [0.3, 0.4) is 0 Å². The SMILES string of the molecule is C.C=C(C)CCN1C(=O)S/C(=C\c2ccc(Sc3nc4ccccc4n3CCCNC(=O)c3ccc(C(=O)c4ccccc4)cc3)o2)C1=O.[HH]. The summed E-state index contributed by atoms with van der Waals surface area (Å²) in [6.45, 7) is 7.05. The van der Waals surface area contributed by atoms with Gasteiger partial charge in [-0.2, -0.15) is 0 Å². The summed E-state index contributed by atoms with van der Waals surface area (Å²) in [7, 11) is 0. The van der Waals surface area contributed by atoms with Crippen LogP contribution >= 0.6 is 23.5 Å². The average molecular weight is 695 g/mol. The van der Waals surface area contributed by atoms with Crippen molar-refractivity contribution in [2.24, 2.45) is 0 Å². The van der Waals surface area contributed by atoms with Gasteiger partial charge in [-0.1, -0.05) is 67.6 Å². The van der Waals surface area contributed by atoms with Crippen molar-refractivity contribution in [1.29, 1.82) is 0 Å². The highest BCUT2D eigenvalue weighted by atomic mass is 32.2. The number of carbonyl (C=O) groups excluding carboxylic acids is 4. The van der Waals surface area contributed by atoms with Crippen LogP contribution in [0.5, 0.6) is 0 Å². The number of imidazole rings is 1. The molecule has 0 spiro atoms. The van der Waals surface area contributed by atoms with Gasteiger partial charge in [0.1, 0.15) is 5.76 Å². The first-order chi connectivity index (χ1) is 23.3. The number of fused-ring (bicyclic) bond motifs is 1. The molecule has 1 N–H and O–H groups in total. The first-order valence-corrected chi connectivity index (χ1v) is 17.0. The lowest BCUT2D eigenvalue weighted by atomic mass is 10.0. The summed E-state index contributed by atoms with van der Waals surface area (Å²) in [4.78, 5) is 57.1. The highest BCUT2D eigenvalue weighted by molar-refractivity contribution is 8.18. The highest BCUT2D eigenvalue weighted by Gasteiger charge is 2.34. The normalized spacial score (nSPS) is 13.6. The van der Waals surface area contributed by atoms with Gasteiger partial charge in [0, 0.05) is 43.8 Å². The molecule has 0 radical (unpaired) electrons. The zero-order valence-electron chi connectivity index (χ0n) is 26.2. The molecular weight excluding hydrogens is 657 g/mol. The van der Waals surface area contributed by atoms with Crippen molar-refractivity contribution < 1.29 is 25.0 Å². The number of imide groups is 1. The van der Waals surface area contributed by atoms with Crippen molar-refractivity contribution in [1.82, 2.24) is 19.8 Å². The van der Waals surface area contributed by atoms with E-state index in [0.29, 0.717) is 64.9 Å². The van der Waals surface area contributed by atoms with E-state index in [0.717, 1.165) is 33.5 Å². The molecule has 0 unspecified atom stereocenters. The second-order valence-electron chi connectivity index (χ2n) is 11.2. The van der Waals surface area contributed by atoms with Gasteiger partial charge in [0.2, 0.25) is 0 Å². The Morgan fingerprint density at radius 2 is 1.63 bits per heavy atom. The smallest absolute Gasteiger partial charge is 0.293 e. The third-order valence-corrected chi connectivity index (χ3v) is 9.43. The van der Waals surface area contributed by atoms with E-state index >= 15 is 0 Å². The molecule has 2 aromatic heterocycles. The van der Waals surface area contributed by atoms with Crippen molar-refractivity contribution >= 4 is 63.5 Å². The standard InChI is InChI=1S/C37H32N4O5S2.CH4.H2/c1-24(2)19-22-41-35(44)31(47-37(41)45)23-28-17-18-32(46-28)48-36-39-29-11-6-7-12-30(29)40(36)21-8-20-38-34(43)27-15-13-26(14-16-27)33(42)25-9-4-3-5-10-25;;/h3-7,9-18,23H,1,8,19-22H2,2H3,(H,38,43);1H4;1H/b31-23-;;. The van der Waals surface area contributed by atoms with Crippen LogP contribution in [0, 0.1) is 0 Å². The van der Waals surface area contributed by atoms with Crippen LogP contribution in [0.25, 0.3) is 17.1 Å². The largest absolute Gasteiger partial charge is 0.450 e. The molecule has 0 atom stereocenters. The maximum absolute atomic E-state index is 12.8. The fourth-order valence-electron chi connectivity index (χ4n) is 5.10. The van der Waals surface area contributed by atoms with Gasteiger partial charge in [-0.3, -0.25) is 24.1 Å². The minimum atomic E-state index is -0.332. The number of benzene rings is 3. The monoisotopic (exact) mass is 694 g/mol. The van der Waals surface area contributed by atoms with Crippen molar-refractivity contribution in [3.8, 4) is 0 Å². The van der Waals surface area contributed by atoms with Crippen LogP contribution in [0.1, 0.15) is 60.7 Å². The summed E-state index contributed by atoms with van der Waals surface area (Å²) in [5.74, 6) is -0.172. The summed E-state index contributed by atoms with van der Waals surface area (Å²) >= 11 is 2.26. The van der Waals surface area contributed by atoms with Crippen LogP contribution in [0.2, 0.25) is 0 Å². The van der Waals surface area contributed by atoms with Gasteiger partial charge in [-0.15, -0.1) is 6.58 Å². The van der Waals surface area contributed by atoms with Crippen molar-refractivity contribution in [2.75, 3.05) is 13.1 Å². The van der Waals surface area contributed by atoms with E-state index in [-0.39, 0.29) is 31.7 Å². The summed E-state index contributed by atoms with van der Waals surface area (Å²) in [5, 5.41) is 3.98. The summed E-state index contributed by atoms with van der Waals surface area (Å²) in [5.41, 5.74) is 4.31. The number of thioether (sulfide) groups is 1. The quantitative estimate of drug-likeness (QED) is 0.0564. The Morgan fingerprint density at radius 3 is 2.39 bits per heavy atom. The van der Waals surface area contributed by atoms with Gasteiger partial charge in [0.25, 0.3) is 17.1 Å². The van der Waals surface area contributed by atoms with Gasteiger partial charge in [0.15, 0.2) is 16.0 Å². The number of furan rings is 1. The predicted molar refractivity (Wildman–Crippen MR) is 197 cm³/mol.